The van der Waals surface area contributed by atoms with Crippen LogP contribution in [-0.2, 0) is 11.0 Å². The zero-order valence-corrected chi connectivity index (χ0v) is 20.1. The lowest BCUT2D eigenvalue weighted by molar-refractivity contribution is 0.678. The smallest absolute Gasteiger partial charge is 0.226 e. The Morgan fingerprint density at radius 3 is 2.48 bits per heavy atom. The van der Waals surface area contributed by atoms with Gasteiger partial charge in [-0.25, -0.2) is 8.18 Å². The highest BCUT2D eigenvalue weighted by Gasteiger charge is 2.19. The second-order valence-corrected chi connectivity index (χ2v) is 10.8. The summed E-state index contributed by atoms with van der Waals surface area (Å²) in [6.07, 6.45) is 1.84. The molecular weight excluding hydrogens is 448 g/mol. The van der Waals surface area contributed by atoms with E-state index in [1.54, 1.807) is 15.7 Å². The van der Waals surface area contributed by atoms with Crippen molar-refractivity contribution in [2.75, 3.05) is 5.32 Å². The molecule has 0 aliphatic rings. The lowest BCUT2D eigenvalue weighted by Crippen LogP contribution is -2.06. The van der Waals surface area contributed by atoms with Gasteiger partial charge in [-0.05, 0) is 55.3 Å². The first-order valence-corrected chi connectivity index (χ1v) is 12.3. The number of nitrogens with one attached hydrogen (secondary N) is 1. The van der Waals surface area contributed by atoms with E-state index in [9.17, 15) is 4.21 Å². The molecule has 4 aromatic rings. The van der Waals surface area contributed by atoms with Crippen molar-refractivity contribution in [1.29, 1.82) is 0 Å². The van der Waals surface area contributed by atoms with E-state index in [-0.39, 0.29) is 5.28 Å². The highest BCUT2D eigenvalue weighted by atomic mass is 35.5. The molecule has 0 saturated carbocycles. The maximum absolute atomic E-state index is 13.3. The summed E-state index contributed by atoms with van der Waals surface area (Å²) in [6, 6.07) is 15.7. The lowest BCUT2D eigenvalue weighted by Gasteiger charge is -2.14. The van der Waals surface area contributed by atoms with E-state index < -0.39 is 11.0 Å². The largest absolute Gasteiger partial charge is 0.339 e. The van der Waals surface area contributed by atoms with Gasteiger partial charge >= 0.3 is 0 Å². The fourth-order valence-electron chi connectivity index (χ4n) is 3.29. The average Bonchev–Trinajstić information content (AvgIpc) is 3.05. The SMILES string of the molecule is Cc1ccc(S(=O)n2cc(C)c3c(Nc4ccccc4SC(C)C)nc(Cl)nc32)cc1. The third kappa shape index (κ3) is 4.63. The number of hydrogen-bond donors (Lipinski definition) is 1. The number of hydrogen-bond acceptors (Lipinski definition) is 5. The molecule has 0 saturated heterocycles. The van der Waals surface area contributed by atoms with Crippen LogP contribution < -0.4 is 5.32 Å². The van der Waals surface area contributed by atoms with Crippen LogP contribution in [0.2, 0.25) is 5.28 Å². The Morgan fingerprint density at radius 2 is 1.77 bits per heavy atom. The molecule has 0 fully saturated rings. The third-order valence-corrected chi connectivity index (χ3v) is 7.24. The van der Waals surface area contributed by atoms with E-state index in [2.05, 4.69) is 35.2 Å². The van der Waals surface area contributed by atoms with Gasteiger partial charge in [0, 0.05) is 16.3 Å². The Hall–Kier alpha value is -2.35. The van der Waals surface area contributed by atoms with Crippen LogP contribution in [0.4, 0.5) is 11.5 Å². The number of rotatable bonds is 6. The molecule has 160 valence electrons. The second-order valence-electron chi connectivity index (χ2n) is 7.53. The van der Waals surface area contributed by atoms with Gasteiger partial charge < -0.3 is 5.32 Å². The molecule has 31 heavy (non-hydrogen) atoms. The molecule has 2 aromatic heterocycles. The van der Waals surface area contributed by atoms with E-state index in [1.165, 1.54) is 0 Å². The molecule has 1 N–H and O–H groups in total. The number of aromatic nitrogens is 3. The lowest BCUT2D eigenvalue weighted by atomic mass is 10.2. The zero-order valence-electron chi connectivity index (χ0n) is 17.7. The Kier molecular flexibility index (Phi) is 6.36. The maximum atomic E-state index is 13.3. The monoisotopic (exact) mass is 470 g/mol. The minimum absolute atomic E-state index is 0.101. The minimum Gasteiger partial charge on any atom is -0.339 e. The van der Waals surface area contributed by atoms with Crippen LogP contribution in [0.25, 0.3) is 11.0 Å². The molecular formula is C23H23ClN4OS2. The molecule has 5 nitrogen and oxygen atoms in total. The summed E-state index contributed by atoms with van der Waals surface area (Å²) in [5, 5.41) is 4.78. The van der Waals surface area contributed by atoms with Crippen molar-refractivity contribution in [1.82, 2.24) is 13.9 Å². The van der Waals surface area contributed by atoms with Gasteiger partial charge in [-0.15, -0.1) is 11.8 Å². The Labute approximate surface area is 193 Å². The number of anilines is 2. The quantitative estimate of drug-likeness (QED) is 0.257. The summed E-state index contributed by atoms with van der Waals surface area (Å²) < 4.78 is 14.9. The Morgan fingerprint density at radius 1 is 1.06 bits per heavy atom. The van der Waals surface area contributed by atoms with Crippen molar-refractivity contribution < 1.29 is 4.21 Å². The molecule has 0 spiro atoms. The number of halogens is 1. The number of thioether (sulfide) groups is 1. The summed E-state index contributed by atoms with van der Waals surface area (Å²) in [6.45, 7) is 8.28. The fraction of sp³-hybridized carbons (Fsp3) is 0.217. The topological polar surface area (TPSA) is 59.8 Å². The normalized spacial score (nSPS) is 12.5. The maximum Gasteiger partial charge on any atom is 0.226 e. The molecule has 8 heteroatoms. The predicted octanol–water partition coefficient (Wildman–Crippen LogP) is 6.52. The number of para-hydroxylation sites is 1. The highest BCUT2D eigenvalue weighted by molar-refractivity contribution is 8.00. The van der Waals surface area contributed by atoms with Gasteiger partial charge in [0.25, 0.3) is 0 Å². The van der Waals surface area contributed by atoms with Crippen molar-refractivity contribution in [2.24, 2.45) is 0 Å². The van der Waals surface area contributed by atoms with E-state index in [0.29, 0.717) is 21.6 Å². The molecule has 0 amide bonds. The van der Waals surface area contributed by atoms with E-state index in [1.807, 2.05) is 62.5 Å². The van der Waals surface area contributed by atoms with Crippen LogP contribution in [0.5, 0.6) is 0 Å². The van der Waals surface area contributed by atoms with E-state index in [0.717, 1.165) is 27.1 Å². The van der Waals surface area contributed by atoms with Crippen LogP contribution in [0.15, 0.2) is 64.5 Å². The molecule has 0 radical (unpaired) electrons. The van der Waals surface area contributed by atoms with Crippen LogP contribution in [-0.4, -0.2) is 23.4 Å². The van der Waals surface area contributed by atoms with Gasteiger partial charge in [0.1, 0.15) is 5.82 Å². The van der Waals surface area contributed by atoms with Crippen LogP contribution in [0.3, 0.4) is 0 Å². The second kappa shape index (κ2) is 9.02. The first kappa shape index (κ1) is 21.9. The van der Waals surface area contributed by atoms with Crippen molar-refractivity contribution in [3.63, 3.8) is 0 Å². The van der Waals surface area contributed by atoms with Gasteiger partial charge in [-0.3, -0.25) is 0 Å². The third-order valence-electron chi connectivity index (χ3n) is 4.68. The molecule has 1 unspecified atom stereocenters. The molecule has 0 bridgehead atoms. The highest BCUT2D eigenvalue weighted by Crippen LogP contribution is 2.35. The summed E-state index contributed by atoms with van der Waals surface area (Å²) in [5.41, 5.74) is 3.52. The number of benzene rings is 2. The van der Waals surface area contributed by atoms with Crippen LogP contribution >= 0.6 is 23.4 Å². The van der Waals surface area contributed by atoms with Crippen molar-refractivity contribution >= 4 is 56.9 Å². The van der Waals surface area contributed by atoms with E-state index >= 15 is 0 Å². The summed E-state index contributed by atoms with van der Waals surface area (Å²) in [7, 11) is -1.45. The summed E-state index contributed by atoms with van der Waals surface area (Å²) in [5.74, 6) is 0.601. The van der Waals surface area contributed by atoms with Crippen molar-refractivity contribution in [3.05, 3.63) is 71.1 Å². The number of nitrogens with zero attached hydrogens (tertiary/aromatic N) is 3. The molecule has 0 aliphatic carbocycles. The first-order chi connectivity index (χ1) is 14.8. The van der Waals surface area contributed by atoms with E-state index in [4.69, 9.17) is 11.6 Å². The molecule has 4 rings (SSSR count). The molecule has 0 aliphatic heterocycles. The number of fused-ring (bicyclic) bond motifs is 1. The van der Waals surface area contributed by atoms with Gasteiger partial charge in [0.15, 0.2) is 16.6 Å². The minimum atomic E-state index is -1.45. The van der Waals surface area contributed by atoms with Crippen LogP contribution in [0.1, 0.15) is 25.0 Å². The summed E-state index contributed by atoms with van der Waals surface area (Å²) in [4.78, 5) is 10.7. The zero-order chi connectivity index (χ0) is 22.1. The van der Waals surface area contributed by atoms with Gasteiger partial charge in [0.05, 0.1) is 16.0 Å². The van der Waals surface area contributed by atoms with Gasteiger partial charge in [-0.2, -0.15) is 9.97 Å². The standard InChI is InChI=1S/C23H23ClN4OS2/c1-14(2)30-19-8-6-5-7-18(19)25-21-20-16(4)13-28(22(20)27-23(24)26-21)31(29)17-11-9-15(3)10-12-17/h5-14H,1-4H3,(H,25,26,27). The van der Waals surface area contributed by atoms with Crippen LogP contribution in [0, 0.1) is 13.8 Å². The average molecular weight is 471 g/mol. The summed E-state index contributed by atoms with van der Waals surface area (Å²) >= 11 is 8.06. The van der Waals surface area contributed by atoms with Crippen molar-refractivity contribution in [3.8, 4) is 0 Å². The molecule has 2 heterocycles. The first-order valence-electron chi connectivity index (χ1n) is 9.90. The van der Waals surface area contributed by atoms with Gasteiger partial charge in [0.2, 0.25) is 5.28 Å². The van der Waals surface area contributed by atoms with Gasteiger partial charge in [-0.1, -0.05) is 43.7 Å². The molecule has 2 aromatic carbocycles. The number of aryl methyl sites for hydroxylation is 2. The van der Waals surface area contributed by atoms with Crippen molar-refractivity contribution in [2.45, 2.75) is 42.7 Å². The predicted molar refractivity (Wildman–Crippen MR) is 131 cm³/mol. The fourth-order valence-corrected chi connectivity index (χ4v) is 5.50. The molecule has 1 atom stereocenters. The Bertz CT molecular complexity index is 1270. The Balaban J connectivity index is 1.80.